The monoisotopic (exact) mass is 581 g/mol. The van der Waals surface area contributed by atoms with Gasteiger partial charge in [-0.3, -0.25) is 19.2 Å². The van der Waals surface area contributed by atoms with Crippen LogP contribution in [0.1, 0.15) is 43.1 Å². The number of hydrogen-bond donors (Lipinski definition) is 0. The number of ether oxygens (including phenoxy) is 2. The van der Waals surface area contributed by atoms with E-state index in [0.29, 0.717) is 21.8 Å². The molecule has 9 heteroatoms. The fourth-order valence-corrected chi connectivity index (χ4v) is 4.73. The third kappa shape index (κ3) is 6.45. The zero-order chi connectivity index (χ0) is 29.6. The molecule has 4 aromatic rings. The topological polar surface area (TPSA) is 107 Å². The number of nitrogens with zero attached hydrogens (tertiary/aromatic N) is 1. The lowest BCUT2D eigenvalue weighted by atomic mass is 10.0. The Labute approximate surface area is 246 Å². The molecular formula is C33H24ClNO7. The second kappa shape index (κ2) is 12.6. The second-order valence-electron chi connectivity index (χ2n) is 9.57. The van der Waals surface area contributed by atoms with Gasteiger partial charge in [0.05, 0.1) is 17.2 Å². The SMILES string of the molecule is O=C(COC(=O)[C@@H]1CC(=O)N(c2ccc(Cl)cc2C(=O)c2ccccc2)C1)c1ccc(OC(=O)c2ccccc2)cc1. The number of benzene rings is 4. The maximum absolute atomic E-state index is 13.2. The summed E-state index contributed by atoms with van der Waals surface area (Å²) in [4.78, 5) is 65.1. The average molecular weight is 582 g/mol. The van der Waals surface area contributed by atoms with Gasteiger partial charge in [0.25, 0.3) is 0 Å². The Balaban J connectivity index is 1.19. The Hall–Kier alpha value is -5.08. The molecule has 210 valence electrons. The smallest absolute Gasteiger partial charge is 0.343 e. The number of amides is 1. The molecular weight excluding hydrogens is 558 g/mol. The first-order chi connectivity index (χ1) is 20.3. The van der Waals surface area contributed by atoms with Crippen molar-refractivity contribution in [2.24, 2.45) is 5.92 Å². The number of rotatable bonds is 9. The van der Waals surface area contributed by atoms with Crippen LogP contribution < -0.4 is 9.64 Å². The number of hydrogen-bond acceptors (Lipinski definition) is 7. The first-order valence-electron chi connectivity index (χ1n) is 13.1. The van der Waals surface area contributed by atoms with E-state index < -0.39 is 30.2 Å². The maximum Gasteiger partial charge on any atom is 0.343 e. The van der Waals surface area contributed by atoms with Crippen LogP contribution in [0.3, 0.4) is 0 Å². The van der Waals surface area contributed by atoms with Crippen LogP contribution in [0.4, 0.5) is 5.69 Å². The average Bonchev–Trinajstić information content (AvgIpc) is 3.41. The minimum atomic E-state index is -0.819. The van der Waals surface area contributed by atoms with Crippen LogP contribution in [0.15, 0.2) is 103 Å². The summed E-state index contributed by atoms with van der Waals surface area (Å²) in [6.45, 7) is -0.532. The van der Waals surface area contributed by atoms with Crippen molar-refractivity contribution in [2.45, 2.75) is 6.42 Å². The zero-order valence-corrected chi connectivity index (χ0v) is 23.0. The molecule has 0 spiro atoms. The molecule has 0 unspecified atom stereocenters. The van der Waals surface area contributed by atoms with E-state index in [9.17, 15) is 24.0 Å². The minimum absolute atomic E-state index is 0.00988. The van der Waals surface area contributed by atoms with Crippen LogP contribution in [0.25, 0.3) is 0 Å². The first-order valence-corrected chi connectivity index (χ1v) is 13.4. The quantitative estimate of drug-likeness (QED) is 0.144. The van der Waals surface area contributed by atoms with E-state index in [-0.39, 0.29) is 41.5 Å². The van der Waals surface area contributed by atoms with Gasteiger partial charge in [0.1, 0.15) is 5.75 Å². The van der Waals surface area contributed by atoms with E-state index in [0.717, 1.165) is 0 Å². The van der Waals surface area contributed by atoms with Crippen molar-refractivity contribution in [1.82, 2.24) is 0 Å². The molecule has 1 aliphatic rings. The van der Waals surface area contributed by atoms with Crippen molar-refractivity contribution in [3.8, 4) is 5.75 Å². The molecule has 1 amide bonds. The molecule has 0 saturated carbocycles. The largest absolute Gasteiger partial charge is 0.457 e. The number of ketones is 2. The van der Waals surface area contributed by atoms with Crippen LogP contribution in [0.2, 0.25) is 5.02 Å². The second-order valence-corrected chi connectivity index (χ2v) is 10.0. The normalized spacial score (nSPS) is 14.4. The number of halogens is 1. The number of Topliss-reactive ketones (excluding diaryl/α,β-unsaturated/α-hetero) is 1. The first kappa shape index (κ1) is 28.4. The Morgan fingerprint density at radius 2 is 1.43 bits per heavy atom. The van der Waals surface area contributed by atoms with Crippen molar-refractivity contribution < 1.29 is 33.4 Å². The van der Waals surface area contributed by atoms with Gasteiger partial charge >= 0.3 is 11.9 Å². The molecule has 1 atom stereocenters. The van der Waals surface area contributed by atoms with E-state index >= 15 is 0 Å². The molecule has 8 nitrogen and oxygen atoms in total. The lowest BCUT2D eigenvalue weighted by Gasteiger charge is -2.20. The minimum Gasteiger partial charge on any atom is -0.457 e. The summed E-state index contributed by atoms with van der Waals surface area (Å²) in [5.74, 6) is -2.91. The lowest BCUT2D eigenvalue weighted by molar-refractivity contribution is -0.147. The predicted octanol–water partition coefficient (Wildman–Crippen LogP) is 5.57. The molecule has 1 heterocycles. The van der Waals surface area contributed by atoms with Gasteiger partial charge in [-0.1, -0.05) is 60.1 Å². The third-order valence-corrected chi connectivity index (χ3v) is 6.97. The number of carbonyl (C=O) groups is 5. The highest BCUT2D eigenvalue weighted by Crippen LogP contribution is 2.32. The van der Waals surface area contributed by atoms with Gasteiger partial charge < -0.3 is 14.4 Å². The van der Waals surface area contributed by atoms with Crippen LogP contribution in [0, 0.1) is 5.92 Å². The Morgan fingerprint density at radius 3 is 2.10 bits per heavy atom. The van der Waals surface area contributed by atoms with Crippen LogP contribution in [0.5, 0.6) is 5.75 Å². The van der Waals surface area contributed by atoms with Crippen molar-refractivity contribution in [3.63, 3.8) is 0 Å². The Kier molecular flexibility index (Phi) is 8.55. The highest BCUT2D eigenvalue weighted by molar-refractivity contribution is 6.31. The van der Waals surface area contributed by atoms with Gasteiger partial charge in [0.2, 0.25) is 5.91 Å². The highest BCUT2D eigenvalue weighted by atomic mass is 35.5. The molecule has 0 N–H and O–H groups in total. The van der Waals surface area contributed by atoms with Crippen molar-refractivity contribution in [3.05, 3.63) is 130 Å². The molecule has 0 radical (unpaired) electrons. The maximum atomic E-state index is 13.2. The highest BCUT2D eigenvalue weighted by Gasteiger charge is 2.38. The van der Waals surface area contributed by atoms with Crippen molar-refractivity contribution in [2.75, 3.05) is 18.1 Å². The van der Waals surface area contributed by atoms with Gasteiger partial charge in [-0.05, 0) is 54.6 Å². The third-order valence-electron chi connectivity index (χ3n) is 6.73. The molecule has 0 aliphatic carbocycles. The molecule has 1 aliphatic heterocycles. The van der Waals surface area contributed by atoms with Crippen LogP contribution in [-0.2, 0) is 14.3 Å². The molecule has 0 bridgehead atoms. The molecule has 4 aromatic carbocycles. The zero-order valence-electron chi connectivity index (χ0n) is 22.2. The molecule has 42 heavy (non-hydrogen) atoms. The fraction of sp³-hybridized carbons (Fsp3) is 0.121. The summed E-state index contributed by atoms with van der Waals surface area (Å²) in [6.07, 6.45) is -0.129. The van der Waals surface area contributed by atoms with Gasteiger partial charge in [0, 0.05) is 34.7 Å². The molecule has 0 aromatic heterocycles. The van der Waals surface area contributed by atoms with Crippen molar-refractivity contribution >= 4 is 46.7 Å². The van der Waals surface area contributed by atoms with E-state index in [1.165, 1.54) is 35.2 Å². The number of anilines is 1. The summed E-state index contributed by atoms with van der Waals surface area (Å²) in [5.41, 5.74) is 1.67. The number of esters is 2. The predicted molar refractivity (Wildman–Crippen MR) is 155 cm³/mol. The molecule has 5 rings (SSSR count). The molecule has 1 fully saturated rings. The summed E-state index contributed by atoms with van der Waals surface area (Å²) in [5, 5.41) is 0.335. The Morgan fingerprint density at radius 1 is 0.786 bits per heavy atom. The standard InChI is InChI=1S/C33H24ClNO7/c34-25-13-16-28(27(18-25)31(38)22-7-3-1-4-8-22)35-19-24(17-30(35)37)32(39)41-20-29(36)21-11-14-26(15-12-21)42-33(40)23-9-5-2-6-10-23/h1-16,18,24H,17,19-20H2/t24-/m1/s1. The van der Waals surface area contributed by atoms with Gasteiger partial charge in [-0.2, -0.15) is 0 Å². The van der Waals surface area contributed by atoms with E-state index in [1.807, 2.05) is 0 Å². The van der Waals surface area contributed by atoms with Gasteiger partial charge in [-0.25, -0.2) is 4.79 Å². The summed E-state index contributed by atoms with van der Waals surface area (Å²) >= 11 is 6.16. The van der Waals surface area contributed by atoms with Crippen molar-refractivity contribution in [1.29, 1.82) is 0 Å². The lowest BCUT2D eigenvalue weighted by Crippen LogP contribution is -2.28. The molecule has 1 saturated heterocycles. The fourth-order valence-electron chi connectivity index (χ4n) is 4.56. The van der Waals surface area contributed by atoms with Gasteiger partial charge in [0.15, 0.2) is 18.2 Å². The number of carbonyl (C=O) groups excluding carboxylic acids is 5. The van der Waals surface area contributed by atoms with E-state index in [4.69, 9.17) is 21.1 Å². The summed E-state index contributed by atoms with van der Waals surface area (Å²) in [6, 6.07) is 27.6. The van der Waals surface area contributed by atoms with Crippen LogP contribution >= 0.6 is 11.6 Å². The van der Waals surface area contributed by atoms with Gasteiger partial charge in [-0.15, -0.1) is 0 Å². The van der Waals surface area contributed by atoms with E-state index in [1.54, 1.807) is 72.8 Å². The van der Waals surface area contributed by atoms with E-state index in [2.05, 4.69) is 0 Å². The van der Waals surface area contributed by atoms with Crippen LogP contribution in [-0.4, -0.2) is 42.6 Å². The summed E-state index contributed by atoms with van der Waals surface area (Å²) < 4.78 is 10.6. The summed E-state index contributed by atoms with van der Waals surface area (Å²) in [7, 11) is 0. The Bertz CT molecular complexity index is 1650.